The van der Waals surface area contributed by atoms with Crippen molar-refractivity contribution < 1.29 is 20.4 Å². The Labute approximate surface area is 167 Å². The van der Waals surface area contributed by atoms with Crippen LogP contribution in [0.2, 0.25) is 0 Å². The van der Waals surface area contributed by atoms with Crippen LogP contribution in [-0.2, 0) is 25.7 Å². The number of allylic oxidation sites excluding steroid dienone is 4. The number of benzene rings is 2. The average molecular weight is 383 g/mol. The smallest absolute Gasteiger partial charge is 0.161 e. The van der Waals surface area contributed by atoms with E-state index in [1.165, 1.54) is 11.6 Å². The summed E-state index contributed by atoms with van der Waals surface area (Å²) >= 11 is 0. The number of rotatable bonds is 7. The summed E-state index contributed by atoms with van der Waals surface area (Å²) in [5.74, 6) is -0.107. The van der Waals surface area contributed by atoms with E-state index >= 15 is 0 Å². The minimum Gasteiger partial charge on any atom is -0.508 e. The summed E-state index contributed by atoms with van der Waals surface area (Å²) in [7, 11) is 0. The van der Waals surface area contributed by atoms with E-state index in [2.05, 4.69) is 6.08 Å². The highest BCUT2D eigenvalue weighted by molar-refractivity contribution is 5.55. The molecule has 28 heavy (non-hydrogen) atoms. The minimum absolute atomic E-state index is 0.0248. The molecule has 0 spiro atoms. The highest BCUT2D eigenvalue weighted by Gasteiger charge is 2.17. The number of phenolic OH excluding ortho intramolecular Hbond substituents is 4. The first-order chi connectivity index (χ1) is 13.2. The highest BCUT2D eigenvalue weighted by atomic mass is 16.3. The third kappa shape index (κ3) is 5.56. The van der Waals surface area contributed by atoms with Crippen LogP contribution >= 0.6 is 0 Å². The zero-order chi connectivity index (χ0) is 20.8. The van der Waals surface area contributed by atoms with Gasteiger partial charge >= 0.3 is 0 Å². The second-order valence-corrected chi connectivity index (χ2v) is 7.64. The third-order valence-corrected chi connectivity index (χ3v) is 4.75. The maximum Gasteiger partial charge on any atom is 0.161 e. The van der Waals surface area contributed by atoms with Crippen LogP contribution in [-0.4, -0.2) is 20.4 Å². The van der Waals surface area contributed by atoms with Crippen molar-refractivity contribution in [3.8, 4) is 23.0 Å². The van der Waals surface area contributed by atoms with Crippen LogP contribution in [0.25, 0.3) is 0 Å². The predicted molar refractivity (Wildman–Crippen MR) is 113 cm³/mol. The van der Waals surface area contributed by atoms with Gasteiger partial charge in [-0.1, -0.05) is 29.4 Å². The Morgan fingerprint density at radius 3 is 1.86 bits per heavy atom. The molecule has 150 valence electrons. The van der Waals surface area contributed by atoms with Crippen LogP contribution in [0.5, 0.6) is 23.0 Å². The average Bonchev–Trinajstić information content (AvgIpc) is 2.61. The summed E-state index contributed by atoms with van der Waals surface area (Å²) in [5.41, 5.74) is 5.74. The standard InChI is InChI=1S/C24H30O4/c1-15(2)5-11-20-18(8-7-17-9-10-19(25)14-22(17)26)13-23(27)24(28)21(20)12-6-16(3)4/h5-6,9-10,13-14,25-28H,7-8,11-12H2,1-4H3. The van der Waals surface area contributed by atoms with Gasteiger partial charge in [0.1, 0.15) is 11.5 Å². The number of aryl methyl sites for hydroxylation is 2. The topological polar surface area (TPSA) is 80.9 Å². The van der Waals surface area contributed by atoms with Crippen LogP contribution < -0.4 is 0 Å². The van der Waals surface area contributed by atoms with Gasteiger partial charge < -0.3 is 20.4 Å². The molecule has 4 nitrogen and oxygen atoms in total. The summed E-state index contributed by atoms with van der Waals surface area (Å²) in [6.07, 6.45) is 6.51. The molecule has 0 saturated carbocycles. The van der Waals surface area contributed by atoms with Crippen LogP contribution in [0.15, 0.2) is 47.6 Å². The van der Waals surface area contributed by atoms with Crippen LogP contribution in [0.1, 0.15) is 49.9 Å². The van der Waals surface area contributed by atoms with Gasteiger partial charge in [0.2, 0.25) is 0 Å². The van der Waals surface area contributed by atoms with Gasteiger partial charge in [0.15, 0.2) is 11.5 Å². The lowest BCUT2D eigenvalue weighted by Crippen LogP contribution is -2.03. The lowest BCUT2D eigenvalue weighted by Gasteiger charge is -2.17. The van der Waals surface area contributed by atoms with Gasteiger partial charge in [-0.2, -0.15) is 0 Å². The molecule has 0 atom stereocenters. The fourth-order valence-electron chi connectivity index (χ4n) is 3.15. The highest BCUT2D eigenvalue weighted by Crippen LogP contribution is 2.36. The van der Waals surface area contributed by atoms with Gasteiger partial charge in [0, 0.05) is 11.6 Å². The maximum atomic E-state index is 10.5. The summed E-state index contributed by atoms with van der Waals surface area (Å²) in [4.78, 5) is 0. The van der Waals surface area contributed by atoms with Gasteiger partial charge in [-0.25, -0.2) is 0 Å². The molecule has 2 rings (SSSR count). The monoisotopic (exact) mass is 382 g/mol. The lowest BCUT2D eigenvalue weighted by molar-refractivity contribution is 0.398. The summed E-state index contributed by atoms with van der Waals surface area (Å²) in [6, 6.07) is 6.19. The molecular formula is C24H30O4. The number of hydrogen-bond acceptors (Lipinski definition) is 4. The van der Waals surface area contributed by atoms with Crippen molar-refractivity contribution in [2.24, 2.45) is 0 Å². The fourth-order valence-corrected chi connectivity index (χ4v) is 3.15. The molecular weight excluding hydrogens is 352 g/mol. The molecule has 0 aromatic heterocycles. The van der Waals surface area contributed by atoms with E-state index in [1.54, 1.807) is 18.2 Å². The molecule has 4 heteroatoms. The molecule has 0 fully saturated rings. The molecule has 0 aliphatic rings. The van der Waals surface area contributed by atoms with Crippen molar-refractivity contribution in [1.29, 1.82) is 0 Å². The number of phenols is 4. The molecule has 0 saturated heterocycles. The Morgan fingerprint density at radius 2 is 1.29 bits per heavy atom. The molecule has 0 aliphatic carbocycles. The van der Waals surface area contributed by atoms with Gasteiger partial charge in [0.05, 0.1) is 0 Å². The zero-order valence-electron chi connectivity index (χ0n) is 17.1. The summed E-state index contributed by atoms with van der Waals surface area (Å²) < 4.78 is 0. The quantitative estimate of drug-likeness (QED) is 0.386. The summed E-state index contributed by atoms with van der Waals surface area (Å²) in [6.45, 7) is 8.07. The van der Waals surface area contributed by atoms with Crippen molar-refractivity contribution in [2.45, 2.75) is 53.4 Å². The molecule has 0 amide bonds. The minimum atomic E-state index is -0.122. The Hall–Kier alpha value is -2.88. The number of hydrogen-bond donors (Lipinski definition) is 4. The molecule has 0 heterocycles. The van der Waals surface area contributed by atoms with E-state index in [0.717, 1.165) is 27.8 Å². The van der Waals surface area contributed by atoms with Gasteiger partial charge in [-0.05, 0) is 82.2 Å². The van der Waals surface area contributed by atoms with E-state index in [9.17, 15) is 20.4 Å². The van der Waals surface area contributed by atoms with Gasteiger partial charge in [-0.15, -0.1) is 0 Å². The van der Waals surface area contributed by atoms with E-state index in [0.29, 0.717) is 25.7 Å². The van der Waals surface area contributed by atoms with Crippen molar-refractivity contribution in [2.75, 3.05) is 0 Å². The Kier molecular flexibility index (Phi) is 7.16. The van der Waals surface area contributed by atoms with E-state index in [1.807, 2.05) is 33.8 Å². The second-order valence-electron chi connectivity index (χ2n) is 7.64. The van der Waals surface area contributed by atoms with Crippen LogP contribution in [0, 0.1) is 0 Å². The normalized spacial score (nSPS) is 10.6. The molecule has 0 bridgehead atoms. The molecule has 4 N–H and O–H groups in total. The fraction of sp³-hybridized carbons (Fsp3) is 0.333. The summed E-state index contributed by atoms with van der Waals surface area (Å²) in [5, 5.41) is 40.3. The van der Waals surface area contributed by atoms with Crippen molar-refractivity contribution in [1.82, 2.24) is 0 Å². The van der Waals surface area contributed by atoms with E-state index in [-0.39, 0.29) is 23.0 Å². The Morgan fingerprint density at radius 1 is 0.714 bits per heavy atom. The van der Waals surface area contributed by atoms with Gasteiger partial charge in [0.25, 0.3) is 0 Å². The molecule has 0 radical (unpaired) electrons. The molecule has 0 aliphatic heterocycles. The second kappa shape index (κ2) is 9.36. The van der Waals surface area contributed by atoms with Crippen LogP contribution in [0.3, 0.4) is 0 Å². The Balaban J connectivity index is 2.45. The first kappa shape index (κ1) is 21.4. The van der Waals surface area contributed by atoms with Crippen molar-refractivity contribution >= 4 is 0 Å². The molecule has 2 aromatic carbocycles. The van der Waals surface area contributed by atoms with Crippen LogP contribution in [0.4, 0.5) is 0 Å². The third-order valence-electron chi connectivity index (χ3n) is 4.75. The zero-order valence-corrected chi connectivity index (χ0v) is 17.1. The van der Waals surface area contributed by atoms with Crippen molar-refractivity contribution in [3.05, 3.63) is 69.8 Å². The van der Waals surface area contributed by atoms with Crippen molar-refractivity contribution in [3.63, 3.8) is 0 Å². The lowest BCUT2D eigenvalue weighted by atomic mass is 9.90. The number of aromatic hydroxyl groups is 4. The maximum absolute atomic E-state index is 10.5. The molecule has 0 unspecified atom stereocenters. The van der Waals surface area contributed by atoms with E-state index in [4.69, 9.17) is 0 Å². The van der Waals surface area contributed by atoms with E-state index < -0.39 is 0 Å². The SMILES string of the molecule is CC(C)=CCc1c(CCc2ccc(O)cc2O)cc(O)c(O)c1CC=C(C)C. The largest absolute Gasteiger partial charge is 0.508 e. The predicted octanol–water partition coefficient (Wildman–Crippen LogP) is 5.31. The Bertz CT molecular complexity index is 899. The first-order valence-corrected chi connectivity index (χ1v) is 9.52. The van der Waals surface area contributed by atoms with Gasteiger partial charge in [-0.3, -0.25) is 0 Å². The molecule has 2 aromatic rings. The first-order valence-electron chi connectivity index (χ1n) is 9.52.